The number of anilines is 1. The molecule has 1 amide bonds. The average Bonchev–Trinajstić information content (AvgIpc) is 2.68. The van der Waals surface area contributed by atoms with E-state index in [1.807, 2.05) is 0 Å². The predicted octanol–water partition coefficient (Wildman–Crippen LogP) is 3.29. The quantitative estimate of drug-likeness (QED) is 0.320. The van der Waals surface area contributed by atoms with Crippen molar-refractivity contribution in [2.24, 2.45) is 10.2 Å². The smallest absolute Gasteiger partial charge is 0.273 e. The summed E-state index contributed by atoms with van der Waals surface area (Å²) in [4.78, 5) is 34.6. The van der Waals surface area contributed by atoms with Crippen LogP contribution in [0.4, 0.5) is 17.1 Å². The molecule has 0 aromatic heterocycles. The van der Waals surface area contributed by atoms with Gasteiger partial charge < -0.3 is 14.8 Å². The van der Waals surface area contributed by atoms with E-state index < -0.39 is 22.7 Å². The van der Waals surface area contributed by atoms with Gasteiger partial charge in [0.05, 0.1) is 30.9 Å². The lowest BCUT2D eigenvalue weighted by Gasteiger charge is -2.12. The monoisotopic (exact) mass is 386 g/mol. The molecule has 0 bridgehead atoms. The number of nitro groups is 1. The number of nitrogens with one attached hydrogen (secondary N) is 1. The van der Waals surface area contributed by atoms with E-state index >= 15 is 0 Å². The first kappa shape index (κ1) is 20.5. The summed E-state index contributed by atoms with van der Waals surface area (Å²) in [5.41, 5.74) is 0.335. The second-order valence-corrected chi connectivity index (χ2v) is 5.53. The van der Waals surface area contributed by atoms with Gasteiger partial charge in [-0.25, -0.2) is 0 Å². The molecule has 0 fully saturated rings. The third kappa shape index (κ3) is 4.87. The van der Waals surface area contributed by atoms with Crippen molar-refractivity contribution in [1.82, 2.24) is 0 Å². The molecular weight excluding hydrogens is 368 g/mol. The Balaban J connectivity index is 2.26. The van der Waals surface area contributed by atoms with E-state index in [1.54, 1.807) is 24.3 Å². The Morgan fingerprint density at radius 2 is 1.79 bits per heavy atom. The lowest BCUT2D eigenvalue weighted by atomic mass is 10.2. The normalized spacial score (nSPS) is 11.7. The maximum Gasteiger partial charge on any atom is 0.273 e. The van der Waals surface area contributed by atoms with Gasteiger partial charge in [-0.3, -0.25) is 19.7 Å². The van der Waals surface area contributed by atoms with Crippen molar-refractivity contribution in [1.29, 1.82) is 0 Å². The van der Waals surface area contributed by atoms with Crippen LogP contribution in [-0.4, -0.2) is 36.9 Å². The molecule has 2 aromatic carbocycles. The Hall–Kier alpha value is -3.82. The van der Waals surface area contributed by atoms with Gasteiger partial charge in [-0.2, -0.15) is 10.2 Å². The molecular formula is C18H18N4O6. The Bertz CT molecular complexity index is 928. The molecule has 10 nitrogen and oxygen atoms in total. The van der Waals surface area contributed by atoms with E-state index in [1.165, 1.54) is 39.3 Å². The average molecular weight is 386 g/mol. The summed E-state index contributed by atoms with van der Waals surface area (Å²) in [6.07, 6.45) is 0. The number of azo groups is 1. The Kier molecular flexibility index (Phi) is 6.74. The zero-order chi connectivity index (χ0) is 20.7. The van der Waals surface area contributed by atoms with Crippen LogP contribution in [0.5, 0.6) is 11.5 Å². The zero-order valence-corrected chi connectivity index (χ0v) is 15.4. The molecule has 0 heterocycles. The second kappa shape index (κ2) is 9.21. The number of benzene rings is 2. The molecule has 0 spiro atoms. The molecule has 28 heavy (non-hydrogen) atoms. The van der Waals surface area contributed by atoms with E-state index in [2.05, 4.69) is 15.5 Å². The van der Waals surface area contributed by atoms with Gasteiger partial charge in [-0.1, -0.05) is 12.1 Å². The van der Waals surface area contributed by atoms with Gasteiger partial charge in [-0.15, -0.1) is 0 Å². The maximum absolute atomic E-state index is 12.5. The third-order valence-electron chi connectivity index (χ3n) is 3.65. The number of ether oxygens (including phenoxy) is 2. The molecule has 10 heteroatoms. The minimum absolute atomic E-state index is 0.0883. The zero-order valence-electron chi connectivity index (χ0n) is 15.4. The van der Waals surface area contributed by atoms with E-state index in [-0.39, 0.29) is 17.1 Å². The van der Waals surface area contributed by atoms with Crippen LogP contribution < -0.4 is 14.8 Å². The molecule has 0 saturated carbocycles. The first-order valence-corrected chi connectivity index (χ1v) is 8.05. The van der Waals surface area contributed by atoms with Gasteiger partial charge in [0, 0.05) is 6.07 Å². The fourth-order valence-corrected chi connectivity index (χ4v) is 2.25. The van der Waals surface area contributed by atoms with Gasteiger partial charge in [-0.05, 0) is 25.1 Å². The number of amides is 1. The number of carbonyl (C=O) groups is 2. The molecule has 1 N–H and O–H groups in total. The summed E-state index contributed by atoms with van der Waals surface area (Å²) >= 11 is 0. The number of methoxy groups -OCH3 is 2. The molecule has 0 aliphatic heterocycles. The van der Waals surface area contributed by atoms with Crippen LogP contribution in [0.3, 0.4) is 0 Å². The van der Waals surface area contributed by atoms with Crippen molar-refractivity contribution in [3.63, 3.8) is 0 Å². The standard InChI is InChI=1S/C18H18N4O6/c1-11(23)17(18(24)19-13-6-4-5-7-15(13)27-2)21-20-14-9-8-12(22(25)26)10-16(14)28-3/h4-10,17H,1-3H3,(H,19,24)/t17-/m0/s1. The van der Waals surface area contributed by atoms with Crippen molar-refractivity contribution < 1.29 is 24.0 Å². The lowest BCUT2D eigenvalue weighted by Crippen LogP contribution is -2.31. The number of non-ortho nitro benzene ring substituents is 1. The van der Waals surface area contributed by atoms with E-state index in [9.17, 15) is 19.7 Å². The van der Waals surface area contributed by atoms with Gasteiger partial charge in [0.1, 0.15) is 11.4 Å². The van der Waals surface area contributed by atoms with Crippen LogP contribution in [0.1, 0.15) is 6.92 Å². The fraction of sp³-hybridized carbons (Fsp3) is 0.222. The summed E-state index contributed by atoms with van der Waals surface area (Å²) in [6, 6.07) is 8.99. The van der Waals surface area contributed by atoms with Gasteiger partial charge in [0.15, 0.2) is 11.5 Å². The number of carbonyl (C=O) groups excluding carboxylic acids is 2. The third-order valence-corrected chi connectivity index (χ3v) is 3.65. The second-order valence-electron chi connectivity index (χ2n) is 5.53. The molecule has 0 aliphatic rings. The summed E-state index contributed by atoms with van der Waals surface area (Å²) in [5, 5.41) is 21.1. The van der Waals surface area contributed by atoms with E-state index in [4.69, 9.17) is 9.47 Å². The van der Waals surface area contributed by atoms with E-state index in [0.29, 0.717) is 11.4 Å². The van der Waals surface area contributed by atoms with Gasteiger partial charge in [0.2, 0.25) is 6.04 Å². The van der Waals surface area contributed by atoms with Crippen molar-refractivity contribution in [3.8, 4) is 11.5 Å². The molecule has 0 unspecified atom stereocenters. The van der Waals surface area contributed by atoms with Gasteiger partial charge >= 0.3 is 0 Å². The number of nitrogens with zero attached hydrogens (tertiary/aromatic N) is 3. The Morgan fingerprint density at radius 3 is 2.39 bits per heavy atom. The molecule has 0 saturated heterocycles. The molecule has 2 rings (SSSR count). The van der Waals surface area contributed by atoms with E-state index in [0.717, 1.165) is 0 Å². The first-order chi connectivity index (χ1) is 13.4. The molecule has 2 aromatic rings. The van der Waals surface area contributed by atoms with Crippen LogP contribution >= 0.6 is 0 Å². The molecule has 0 radical (unpaired) electrons. The highest BCUT2D eigenvalue weighted by atomic mass is 16.6. The summed E-state index contributed by atoms with van der Waals surface area (Å²) in [6.45, 7) is 1.21. The minimum atomic E-state index is -1.41. The number of Topliss-reactive ketones (excluding diaryl/α,β-unsaturated/α-hetero) is 1. The number of hydrogen-bond donors (Lipinski definition) is 1. The van der Waals surface area contributed by atoms with Crippen LogP contribution in [0, 0.1) is 10.1 Å². The van der Waals surface area contributed by atoms with Crippen LogP contribution in [0.15, 0.2) is 52.7 Å². The number of ketones is 1. The number of rotatable bonds is 8. The minimum Gasteiger partial charge on any atom is -0.495 e. The van der Waals surface area contributed by atoms with Crippen molar-refractivity contribution in [3.05, 3.63) is 52.6 Å². The topological polar surface area (TPSA) is 132 Å². The number of hydrogen-bond acceptors (Lipinski definition) is 8. The van der Waals surface area contributed by atoms with Crippen molar-refractivity contribution in [2.45, 2.75) is 13.0 Å². The largest absolute Gasteiger partial charge is 0.495 e. The highest BCUT2D eigenvalue weighted by molar-refractivity contribution is 6.10. The number of para-hydroxylation sites is 2. The van der Waals surface area contributed by atoms with Crippen LogP contribution in [0.2, 0.25) is 0 Å². The van der Waals surface area contributed by atoms with Gasteiger partial charge in [0.25, 0.3) is 11.6 Å². The first-order valence-electron chi connectivity index (χ1n) is 8.05. The maximum atomic E-state index is 12.5. The van der Waals surface area contributed by atoms with Crippen molar-refractivity contribution in [2.75, 3.05) is 19.5 Å². The highest BCUT2D eigenvalue weighted by Gasteiger charge is 2.24. The summed E-state index contributed by atoms with van der Waals surface area (Å²) in [5.74, 6) is -0.712. The fourth-order valence-electron chi connectivity index (χ4n) is 2.25. The summed E-state index contributed by atoms with van der Waals surface area (Å²) < 4.78 is 10.2. The lowest BCUT2D eigenvalue weighted by molar-refractivity contribution is -0.384. The molecule has 146 valence electrons. The van der Waals surface area contributed by atoms with Crippen molar-refractivity contribution >= 4 is 28.8 Å². The number of nitro benzene ring substituents is 1. The summed E-state index contributed by atoms with van der Waals surface area (Å²) in [7, 11) is 2.77. The van der Waals surface area contributed by atoms with Crippen LogP contribution in [0.25, 0.3) is 0 Å². The Morgan fingerprint density at radius 1 is 1.11 bits per heavy atom. The SMILES string of the molecule is COc1cc([N+](=O)[O-])ccc1N=N[C@@H](C(C)=O)C(=O)Nc1ccccc1OC. The Labute approximate surface area is 160 Å². The predicted molar refractivity (Wildman–Crippen MR) is 100 cm³/mol. The van der Waals surface area contributed by atoms with Crippen LogP contribution in [-0.2, 0) is 9.59 Å². The molecule has 0 aliphatic carbocycles. The highest BCUT2D eigenvalue weighted by Crippen LogP contribution is 2.32. The molecule has 1 atom stereocenters.